The van der Waals surface area contributed by atoms with Crippen LogP contribution in [-0.2, 0) is 19.1 Å². The highest BCUT2D eigenvalue weighted by molar-refractivity contribution is 7.71. The molecular weight excluding hydrogens is 437 g/mol. The lowest BCUT2D eigenvalue weighted by Gasteiger charge is -2.34. The molecule has 0 aliphatic carbocycles. The minimum Gasteiger partial charge on any atom is -0.336 e. The van der Waals surface area contributed by atoms with Gasteiger partial charge in [-0.3, -0.25) is 9.69 Å². The van der Waals surface area contributed by atoms with Crippen molar-refractivity contribution in [3.05, 3.63) is 70.2 Å². The van der Waals surface area contributed by atoms with Crippen LogP contribution in [0.4, 0.5) is 4.39 Å². The van der Waals surface area contributed by atoms with Gasteiger partial charge < -0.3 is 9.47 Å². The largest absolute Gasteiger partial charge is 0.336 e. The van der Waals surface area contributed by atoms with Crippen molar-refractivity contribution in [3.8, 4) is 11.4 Å². The van der Waals surface area contributed by atoms with Crippen molar-refractivity contribution in [2.75, 3.05) is 26.2 Å². The third-order valence-corrected chi connectivity index (χ3v) is 6.63. The van der Waals surface area contributed by atoms with Crippen molar-refractivity contribution in [2.45, 2.75) is 32.9 Å². The minimum absolute atomic E-state index is 0.0963. The Morgan fingerprint density at radius 3 is 2.27 bits per heavy atom. The van der Waals surface area contributed by atoms with Crippen LogP contribution in [0.3, 0.4) is 0 Å². The Morgan fingerprint density at radius 1 is 1.03 bits per heavy atom. The van der Waals surface area contributed by atoms with Crippen molar-refractivity contribution in [1.82, 2.24) is 24.1 Å². The normalized spacial score (nSPS) is 15.1. The van der Waals surface area contributed by atoms with Gasteiger partial charge in [0.2, 0.25) is 0 Å². The van der Waals surface area contributed by atoms with E-state index in [4.69, 9.17) is 17.3 Å². The molecule has 0 N–H and O–H groups in total. The zero-order chi connectivity index (χ0) is 23.8. The van der Waals surface area contributed by atoms with Crippen LogP contribution in [0.15, 0.2) is 48.5 Å². The second kappa shape index (κ2) is 9.19. The Bertz CT molecular complexity index is 1200. The van der Waals surface area contributed by atoms with Gasteiger partial charge in [0.1, 0.15) is 5.82 Å². The summed E-state index contributed by atoms with van der Waals surface area (Å²) in [5.74, 6) is 0.0878. The van der Waals surface area contributed by atoms with E-state index in [9.17, 15) is 9.18 Å². The zero-order valence-corrected chi connectivity index (χ0v) is 20.4. The number of rotatable bonds is 4. The second-order valence-corrected chi connectivity index (χ2v) is 9.89. The van der Waals surface area contributed by atoms with E-state index in [1.807, 2.05) is 16.3 Å². The van der Waals surface area contributed by atoms with Crippen molar-refractivity contribution < 1.29 is 9.18 Å². The van der Waals surface area contributed by atoms with Crippen molar-refractivity contribution in [3.63, 3.8) is 0 Å². The number of amides is 1. The van der Waals surface area contributed by atoms with Crippen LogP contribution in [-0.4, -0.2) is 56.2 Å². The average Bonchev–Trinajstić information content (AvgIpc) is 3.07. The van der Waals surface area contributed by atoms with Crippen LogP contribution in [0.25, 0.3) is 11.4 Å². The van der Waals surface area contributed by atoms with E-state index in [2.05, 4.69) is 49.9 Å². The molecule has 4 rings (SSSR count). The fraction of sp³-hybridized carbons (Fsp3) is 0.400. The molecule has 3 aromatic rings. The van der Waals surface area contributed by atoms with Gasteiger partial charge in [-0.1, -0.05) is 57.2 Å². The van der Waals surface area contributed by atoms with Crippen LogP contribution in [0, 0.1) is 10.6 Å². The van der Waals surface area contributed by atoms with Gasteiger partial charge in [0.25, 0.3) is 5.91 Å². The van der Waals surface area contributed by atoms with Gasteiger partial charge >= 0.3 is 0 Å². The Hall–Kier alpha value is -2.84. The van der Waals surface area contributed by atoms with Crippen molar-refractivity contribution in [1.29, 1.82) is 0 Å². The molecule has 1 aromatic heterocycles. The summed E-state index contributed by atoms with van der Waals surface area (Å²) in [6.45, 7) is 9.56. The predicted octanol–water partition coefficient (Wildman–Crippen LogP) is 4.47. The molecule has 174 valence electrons. The Kier molecular flexibility index (Phi) is 6.50. The molecule has 33 heavy (non-hydrogen) atoms. The predicted molar refractivity (Wildman–Crippen MR) is 130 cm³/mol. The van der Waals surface area contributed by atoms with Crippen LogP contribution in [0.5, 0.6) is 0 Å². The number of carbonyl (C=O) groups excluding carboxylic acids is 1. The summed E-state index contributed by atoms with van der Waals surface area (Å²) in [6, 6.07) is 14.6. The van der Waals surface area contributed by atoms with Crippen LogP contribution >= 0.6 is 12.2 Å². The number of carbonyl (C=O) groups is 1. The lowest BCUT2D eigenvalue weighted by Crippen LogP contribution is -2.49. The fourth-order valence-corrected chi connectivity index (χ4v) is 4.22. The first-order valence-electron chi connectivity index (χ1n) is 11.2. The van der Waals surface area contributed by atoms with E-state index >= 15 is 0 Å². The summed E-state index contributed by atoms with van der Waals surface area (Å²) in [7, 11) is 1.93. The van der Waals surface area contributed by atoms with E-state index < -0.39 is 5.82 Å². The molecule has 6 nitrogen and oxygen atoms in total. The van der Waals surface area contributed by atoms with Crippen LogP contribution in [0.1, 0.15) is 36.7 Å². The van der Waals surface area contributed by atoms with Gasteiger partial charge in [0.15, 0.2) is 10.6 Å². The third-order valence-electron chi connectivity index (χ3n) is 6.15. The highest BCUT2D eigenvalue weighted by Crippen LogP contribution is 2.25. The Balaban J connectivity index is 1.43. The van der Waals surface area contributed by atoms with E-state index in [1.165, 1.54) is 17.7 Å². The third kappa shape index (κ3) is 4.91. The lowest BCUT2D eigenvalue weighted by atomic mass is 9.87. The summed E-state index contributed by atoms with van der Waals surface area (Å²) in [5.41, 5.74) is 2.52. The van der Waals surface area contributed by atoms with Gasteiger partial charge in [0.05, 0.1) is 12.2 Å². The number of hydrogen-bond donors (Lipinski definition) is 0. The topological polar surface area (TPSA) is 46.3 Å². The van der Waals surface area contributed by atoms with E-state index in [0.29, 0.717) is 37.6 Å². The first-order valence-corrected chi connectivity index (χ1v) is 11.6. The molecule has 0 bridgehead atoms. The molecule has 2 aromatic carbocycles. The smallest absolute Gasteiger partial charge is 0.256 e. The summed E-state index contributed by atoms with van der Waals surface area (Å²) in [5, 5.41) is 4.78. The SMILES string of the molecule is Cn1c(-c2ccc(C(C)(C)C)cc2)nn(CN2CCN(C(=O)c3ccccc3F)CC2)c1=S. The molecule has 0 atom stereocenters. The number of aromatic nitrogens is 3. The van der Waals surface area contributed by atoms with Crippen LogP contribution < -0.4 is 0 Å². The highest BCUT2D eigenvalue weighted by atomic mass is 32.1. The van der Waals surface area contributed by atoms with Gasteiger partial charge in [-0.05, 0) is 35.3 Å². The number of hydrogen-bond acceptors (Lipinski definition) is 4. The van der Waals surface area contributed by atoms with Crippen LogP contribution in [0.2, 0.25) is 0 Å². The molecular formula is C25H30FN5OS. The average molecular weight is 468 g/mol. The molecule has 1 aliphatic rings. The highest BCUT2D eigenvalue weighted by Gasteiger charge is 2.24. The number of piperazine rings is 1. The first-order chi connectivity index (χ1) is 15.6. The number of benzene rings is 2. The Labute approximate surface area is 199 Å². The van der Waals surface area contributed by atoms with Crippen molar-refractivity contribution >= 4 is 18.1 Å². The molecule has 0 saturated carbocycles. The van der Waals surface area contributed by atoms with Gasteiger partial charge in [-0.25, -0.2) is 9.07 Å². The van der Waals surface area contributed by atoms with Gasteiger partial charge in [-0.2, -0.15) is 5.10 Å². The fourth-order valence-electron chi connectivity index (χ4n) is 4.04. The monoisotopic (exact) mass is 467 g/mol. The molecule has 1 fully saturated rings. The maximum atomic E-state index is 14.0. The zero-order valence-electron chi connectivity index (χ0n) is 19.6. The molecule has 1 aliphatic heterocycles. The van der Waals surface area contributed by atoms with Gasteiger partial charge in [0, 0.05) is 38.8 Å². The molecule has 1 saturated heterocycles. The summed E-state index contributed by atoms with van der Waals surface area (Å²) < 4.78 is 18.4. The minimum atomic E-state index is -0.479. The Morgan fingerprint density at radius 2 is 1.67 bits per heavy atom. The van der Waals surface area contributed by atoms with E-state index in [-0.39, 0.29) is 16.9 Å². The maximum absolute atomic E-state index is 14.0. The first kappa shape index (κ1) is 23.3. The second-order valence-electron chi connectivity index (χ2n) is 9.52. The number of halogens is 1. The standard InChI is InChI=1S/C25H30FN5OS/c1-25(2,3)19-11-9-18(10-12-19)22-27-31(24(33)28(22)4)17-29-13-15-30(16-14-29)23(32)20-7-5-6-8-21(20)26/h5-12H,13-17H2,1-4H3. The number of nitrogens with zero attached hydrogens (tertiary/aromatic N) is 5. The summed E-state index contributed by atoms with van der Waals surface area (Å²) in [6.07, 6.45) is 0. The quantitative estimate of drug-likeness (QED) is 0.531. The molecule has 0 radical (unpaired) electrons. The van der Waals surface area contributed by atoms with E-state index in [0.717, 1.165) is 11.4 Å². The van der Waals surface area contributed by atoms with Crippen molar-refractivity contribution in [2.24, 2.45) is 7.05 Å². The molecule has 0 spiro atoms. The molecule has 0 unspecified atom stereocenters. The van der Waals surface area contributed by atoms with E-state index in [1.54, 1.807) is 17.0 Å². The summed E-state index contributed by atoms with van der Waals surface area (Å²) in [4.78, 5) is 16.6. The van der Waals surface area contributed by atoms with Gasteiger partial charge in [-0.15, -0.1) is 0 Å². The maximum Gasteiger partial charge on any atom is 0.256 e. The lowest BCUT2D eigenvalue weighted by molar-refractivity contribution is 0.0581. The molecule has 8 heteroatoms. The molecule has 1 amide bonds. The molecule has 2 heterocycles. The summed E-state index contributed by atoms with van der Waals surface area (Å²) >= 11 is 5.64.